The molecule has 0 aromatic rings. The van der Waals surface area contributed by atoms with E-state index < -0.39 is 12.0 Å². The predicted octanol–water partition coefficient (Wildman–Crippen LogP) is 9.08. The standard InChI is InChI=1S/C44H74N2O5/c1-28(2)27-32(38(49)50)46-36(48)15-13-11-10-12-14-26-45-39(51)44-23-18-30(29(3)4)37(44)31-16-17-34-41(7)21-20-35(47)40(5,6)33(41)19-22-43(34,9)42(31,8)24-25-44/h28,30-35,37,47H,3,10-27H2,1-2,4-9H3,(H,45,51)(H,46,48)(H,49,50)/t30?,31-,32?,33+,34?,35+,37-,41+,42-,43-,44+/m1/s1. The van der Waals surface area contributed by atoms with Gasteiger partial charge in [-0.05, 0) is 148 Å². The fraction of sp³-hybridized carbons (Fsp3) is 0.886. The minimum Gasteiger partial charge on any atom is -0.480 e. The molecule has 5 rings (SSSR count). The van der Waals surface area contributed by atoms with Gasteiger partial charge in [-0.3, -0.25) is 9.59 Å². The lowest BCUT2D eigenvalue weighted by molar-refractivity contribution is -0.246. The summed E-state index contributed by atoms with van der Waals surface area (Å²) >= 11 is 0. The van der Waals surface area contributed by atoms with E-state index >= 15 is 0 Å². The van der Waals surface area contributed by atoms with Gasteiger partial charge in [0, 0.05) is 13.0 Å². The van der Waals surface area contributed by atoms with Crippen molar-refractivity contribution in [2.45, 2.75) is 177 Å². The SMILES string of the molecule is C=C(C)C1CC[C@]2(C(=O)NCCCCCCCC(=O)NC(CC(C)C)C(=O)O)CC[C@]3(C)[C@H](CCC4[C@@]5(C)CC[C@H](O)C(C)(C)[C@@H]5CC[C@]43C)[C@@H]12. The van der Waals surface area contributed by atoms with Crippen LogP contribution in [0.15, 0.2) is 12.2 Å². The molecule has 5 fully saturated rings. The summed E-state index contributed by atoms with van der Waals surface area (Å²) in [7, 11) is 0. The first-order valence-electron chi connectivity index (χ1n) is 21.0. The number of unbranched alkanes of at least 4 members (excludes halogenated alkanes) is 4. The van der Waals surface area contributed by atoms with Crippen LogP contribution in [0, 0.1) is 62.6 Å². The molecule has 0 heterocycles. The topological polar surface area (TPSA) is 116 Å². The van der Waals surface area contributed by atoms with E-state index in [4.69, 9.17) is 0 Å². The van der Waals surface area contributed by atoms with Crippen LogP contribution in [0.3, 0.4) is 0 Å². The van der Waals surface area contributed by atoms with Crippen molar-refractivity contribution in [2.24, 2.45) is 62.6 Å². The molecule has 5 aliphatic carbocycles. The molecule has 0 aliphatic heterocycles. The molecule has 7 nitrogen and oxygen atoms in total. The Morgan fingerprint density at radius 1 is 0.804 bits per heavy atom. The van der Waals surface area contributed by atoms with Crippen LogP contribution in [-0.2, 0) is 14.4 Å². The minimum absolute atomic E-state index is 0.0423. The molecule has 4 N–H and O–H groups in total. The second kappa shape index (κ2) is 15.1. The number of fused-ring (bicyclic) bond motifs is 7. The van der Waals surface area contributed by atoms with Gasteiger partial charge in [0.25, 0.3) is 0 Å². The number of nitrogens with one attached hydrogen (secondary N) is 2. The van der Waals surface area contributed by atoms with Crippen molar-refractivity contribution < 1.29 is 24.6 Å². The van der Waals surface area contributed by atoms with Gasteiger partial charge in [0.2, 0.25) is 11.8 Å². The zero-order chi connectivity index (χ0) is 37.6. The van der Waals surface area contributed by atoms with E-state index in [2.05, 4.69) is 58.8 Å². The lowest BCUT2D eigenvalue weighted by Gasteiger charge is -2.72. The number of amides is 2. The van der Waals surface area contributed by atoms with Gasteiger partial charge in [0.05, 0.1) is 11.5 Å². The fourth-order valence-electron chi connectivity index (χ4n) is 13.8. The van der Waals surface area contributed by atoms with Gasteiger partial charge < -0.3 is 20.8 Å². The van der Waals surface area contributed by atoms with Gasteiger partial charge in [-0.25, -0.2) is 4.79 Å². The lowest BCUT2D eigenvalue weighted by atomic mass is 9.32. The van der Waals surface area contributed by atoms with Gasteiger partial charge in [0.15, 0.2) is 0 Å². The molecular weight excluding hydrogens is 636 g/mol. The molecule has 11 atom stereocenters. The van der Waals surface area contributed by atoms with E-state index in [-0.39, 0.29) is 50.9 Å². The van der Waals surface area contributed by atoms with Gasteiger partial charge >= 0.3 is 5.97 Å². The number of rotatable bonds is 14. The third-order valence-corrected chi connectivity index (χ3v) is 16.7. The normalized spacial score (nSPS) is 40.3. The Labute approximate surface area is 310 Å². The molecule has 7 heteroatoms. The van der Waals surface area contributed by atoms with Gasteiger partial charge in [0.1, 0.15) is 6.04 Å². The van der Waals surface area contributed by atoms with Crippen molar-refractivity contribution in [2.75, 3.05) is 6.54 Å². The Bertz CT molecular complexity index is 1310. The van der Waals surface area contributed by atoms with Crippen LogP contribution < -0.4 is 10.6 Å². The summed E-state index contributed by atoms with van der Waals surface area (Å²) in [6, 6.07) is -0.815. The first kappa shape index (κ1) is 40.3. The molecule has 0 aromatic carbocycles. The number of carboxylic acid groups (broad SMARTS) is 1. The molecule has 0 aromatic heterocycles. The Morgan fingerprint density at radius 2 is 1.49 bits per heavy atom. The molecule has 0 radical (unpaired) electrons. The van der Waals surface area contributed by atoms with Crippen molar-refractivity contribution in [3.05, 3.63) is 12.2 Å². The van der Waals surface area contributed by atoms with E-state index in [1.807, 2.05) is 13.8 Å². The first-order valence-corrected chi connectivity index (χ1v) is 21.0. The van der Waals surface area contributed by atoms with E-state index in [1.165, 1.54) is 31.3 Å². The van der Waals surface area contributed by atoms with E-state index in [1.54, 1.807) is 0 Å². The Kier molecular flexibility index (Phi) is 11.9. The van der Waals surface area contributed by atoms with Crippen LogP contribution in [0.1, 0.15) is 165 Å². The fourth-order valence-corrected chi connectivity index (χ4v) is 13.8. The quantitative estimate of drug-likeness (QED) is 0.106. The maximum atomic E-state index is 14.4. The van der Waals surface area contributed by atoms with Crippen LogP contribution in [-0.4, -0.2) is 46.7 Å². The lowest BCUT2D eigenvalue weighted by Crippen LogP contribution is -2.67. The van der Waals surface area contributed by atoms with Crippen LogP contribution in [0.5, 0.6) is 0 Å². The second-order valence-corrected chi connectivity index (χ2v) is 20.1. The number of aliphatic hydroxyl groups is 1. The number of allylic oxidation sites excluding steroid dienone is 1. The maximum absolute atomic E-state index is 14.4. The first-order chi connectivity index (χ1) is 23.8. The third kappa shape index (κ3) is 7.09. The molecule has 5 saturated carbocycles. The third-order valence-electron chi connectivity index (χ3n) is 16.7. The summed E-state index contributed by atoms with van der Waals surface area (Å²) in [4.78, 5) is 38.2. The summed E-state index contributed by atoms with van der Waals surface area (Å²) in [5.41, 5.74) is 1.60. The van der Waals surface area contributed by atoms with Crippen LogP contribution in [0.25, 0.3) is 0 Å². The summed E-state index contributed by atoms with van der Waals surface area (Å²) in [6.45, 7) is 23.9. The Hall–Kier alpha value is -1.89. The van der Waals surface area contributed by atoms with Crippen molar-refractivity contribution in [1.29, 1.82) is 0 Å². The van der Waals surface area contributed by atoms with Crippen LogP contribution >= 0.6 is 0 Å². The summed E-state index contributed by atoms with van der Waals surface area (Å²) in [6.07, 6.45) is 16.3. The predicted molar refractivity (Wildman–Crippen MR) is 205 cm³/mol. The smallest absolute Gasteiger partial charge is 0.326 e. The number of carbonyl (C=O) groups excluding carboxylic acids is 2. The van der Waals surface area contributed by atoms with E-state index in [9.17, 15) is 24.6 Å². The zero-order valence-corrected chi connectivity index (χ0v) is 33.7. The number of carbonyl (C=O) groups is 3. The van der Waals surface area contributed by atoms with Gasteiger partial charge in [-0.15, -0.1) is 0 Å². The highest BCUT2D eigenvalue weighted by molar-refractivity contribution is 5.84. The molecule has 0 bridgehead atoms. The summed E-state index contributed by atoms with van der Waals surface area (Å²) in [5.74, 6) is 1.84. The minimum atomic E-state index is -0.969. The second-order valence-electron chi connectivity index (χ2n) is 20.1. The van der Waals surface area contributed by atoms with Crippen LogP contribution in [0.2, 0.25) is 0 Å². The highest BCUT2D eigenvalue weighted by Gasteiger charge is 2.71. The average molecular weight is 711 g/mol. The number of hydrogen-bond donors (Lipinski definition) is 4. The Morgan fingerprint density at radius 3 is 2.16 bits per heavy atom. The van der Waals surface area contributed by atoms with Gasteiger partial charge in [-0.2, -0.15) is 0 Å². The zero-order valence-electron chi connectivity index (χ0n) is 33.7. The monoisotopic (exact) mass is 711 g/mol. The summed E-state index contributed by atoms with van der Waals surface area (Å²) < 4.78 is 0. The van der Waals surface area contributed by atoms with Crippen molar-refractivity contribution in [1.82, 2.24) is 10.6 Å². The van der Waals surface area contributed by atoms with Crippen molar-refractivity contribution in [3.63, 3.8) is 0 Å². The van der Waals surface area contributed by atoms with E-state index in [0.717, 1.165) is 70.6 Å². The van der Waals surface area contributed by atoms with Crippen molar-refractivity contribution in [3.8, 4) is 0 Å². The van der Waals surface area contributed by atoms with E-state index in [0.29, 0.717) is 49.0 Å². The highest BCUT2D eigenvalue weighted by atomic mass is 16.4. The maximum Gasteiger partial charge on any atom is 0.326 e. The van der Waals surface area contributed by atoms with Gasteiger partial charge in [-0.1, -0.05) is 79.9 Å². The number of hydrogen-bond acceptors (Lipinski definition) is 4. The molecular formula is C44H74N2O5. The van der Waals surface area contributed by atoms with Crippen LogP contribution in [0.4, 0.5) is 0 Å². The molecule has 3 unspecified atom stereocenters. The number of aliphatic hydroxyl groups excluding tert-OH is 1. The summed E-state index contributed by atoms with van der Waals surface area (Å²) in [5, 5.41) is 26.6. The average Bonchev–Trinajstić information content (AvgIpc) is 3.45. The highest BCUT2D eigenvalue weighted by Crippen LogP contribution is 2.77. The molecule has 290 valence electrons. The largest absolute Gasteiger partial charge is 0.480 e. The molecule has 0 spiro atoms. The molecule has 0 saturated heterocycles. The van der Waals surface area contributed by atoms with Crippen molar-refractivity contribution >= 4 is 17.8 Å². The number of carboxylic acids is 1. The Balaban J connectivity index is 1.18. The molecule has 5 aliphatic rings. The molecule has 51 heavy (non-hydrogen) atoms. The number of aliphatic carboxylic acids is 1. The molecule has 2 amide bonds.